The summed E-state index contributed by atoms with van der Waals surface area (Å²) in [5.74, 6) is 2.69. The molecule has 144 valence electrons. The van der Waals surface area contributed by atoms with Crippen LogP contribution >= 0.6 is 0 Å². The van der Waals surface area contributed by atoms with Gasteiger partial charge in [0.25, 0.3) is 0 Å². The molecule has 3 aliphatic rings. The van der Waals surface area contributed by atoms with Gasteiger partial charge in [0.1, 0.15) is 0 Å². The van der Waals surface area contributed by atoms with Crippen LogP contribution in [-0.2, 0) is 19.3 Å². The van der Waals surface area contributed by atoms with Gasteiger partial charge in [-0.1, -0.05) is 39.0 Å². The molecular formula is C19H34N2O3S. The third-order valence-electron chi connectivity index (χ3n) is 6.64. The number of carbonyl (C=O) groups is 1. The van der Waals surface area contributed by atoms with Crippen molar-refractivity contribution >= 4 is 15.6 Å². The van der Waals surface area contributed by atoms with Gasteiger partial charge in [-0.05, 0) is 24.7 Å². The normalized spacial score (nSPS) is 35.5. The molecule has 0 aromatic carbocycles. The Morgan fingerprint density at radius 2 is 1.96 bits per heavy atom. The van der Waals surface area contributed by atoms with E-state index in [1.54, 1.807) is 7.05 Å². The minimum atomic E-state index is -2.03. The largest absolute Gasteiger partial charge is 0.371 e. The molecule has 0 aromatic rings. The number of hydrogen-bond acceptors (Lipinski definition) is 4. The van der Waals surface area contributed by atoms with Crippen LogP contribution in [0.5, 0.6) is 0 Å². The van der Waals surface area contributed by atoms with E-state index in [0.29, 0.717) is 43.5 Å². The third kappa shape index (κ3) is 4.57. The number of ether oxygens (including phenoxy) is 1. The summed E-state index contributed by atoms with van der Waals surface area (Å²) in [4.78, 5) is 14.9. The Morgan fingerprint density at radius 1 is 1.28 bits per heavy atom. The highest BCUT2D eigenvalue weighted by molar-refractivity contribution is 7.93. The molecule has 3 rings (SSSR count). The average molecular weight is 371 g/mol. The lowest BCUT2D eigenvalue weighted by Crippen LogP contribution is -2.56. The third-order valence-corrected chi connectivity index (χ3v) is 8.99. The first kappa shape index (κ1) is 19.2. The summed E-state index contributed by atoms with van der Waals surface area (Å²) in [5, 5.41) is 0. The molecule has 0 N–H and O–H groups in total. The van der Waals surface area contributed by atoms with Crippen LogP contribution in [0.4, 0.5) is 0 Å². The number of morpholine rings is 1. The summed E-state index contributed by atoms with van der Waals surface area (Å²) < 4.78 is 22.6. The number of carbonyl (C=O) groups excluding carboxylic acids is 1. The molecule has 25 heavy (non-hydrogen) atoms. The van der Waals surface area contributed by atoms with Gasteiger partial charge in [0.2, 0.25) is 5.91 Å². The van der Waals surface area contributed by atoms with Crippen LogP contribution in [0, 0.1) is 11.8 Å². The Morgan fingerprint density at radius 3 is 2.60 bits per heavy atom. The summed E-state index contributed by atoms with van der Waals surface area (Å²) in [5.41, 5.74) is -0.284. The molecule has 1 saturated carbocycles. The molecule has 0 bridgehead atoms. The van der Waals surface area contributed by atoms with Gasteiger partial charge in [-0.15, -0.1) is 0 Å². The Hall–Kier alpha value is -0.620. The molecule has 5 nitrogen and oxygen atoms in total. The highest BCUT2D eigenvalue weighted by Crippen LogP contribution is 2.34. The van der Waals surface area contributed by atoms with E-state index in [1.807, 2.05) is 4.90 Å². The first-order valence-corrected chi connectivity index (χ1v) is 11.8. The molecule has 1 atom stereocenters. The molecule has 1 aliphatic carbocycles. The molecule has 1 amide bonds. The SMILES string of the molecule is CN=S1(=O)CCC2(CC1)CN(C(=O)CC(C)C1CCCCC1)CCO2. The van der Waals surface area contributed by atoms with Crippen LogP contribution in [0.15, 0.2) is 4.36 Å². The maximum atomic E-state index is 12.9. The van der Waals surface area contributed by atoms with Crippen molar-refractivity contribution in [2.75, 3.05) is 38.2 Å². The van der Waals surface area contributed by atoms with Crippen molar-refractivity contribution in [2.24, 2.45) is 16.2 Å². The highest BCUT2D eigenvalue weighted by atomic mass is 32.2. The summed E-state index contributed by atoms with van der Waals surface area (Å²) >= 11 is 0. The molecule has 0 aromatic heterocycles. The van der Waals surface area contributed by atoms with Crippen molar-refractivity contribution < 1.29 is 13.7 Å². The fraction of sp³-hybridized carbons (Fsp3) is 0.947. The van der Waals surface area contributed by atoms with Crippen LogP contribution < -0.4 is 0 Å². The second-order valence-corrected chi connectivity index (χ2v) is 11.0. The molecule has 2 aliphatic heterocycles. The highest BCUT2D eigenvalue weighted by Gasteiger charge is 2.42. The minimum absolute atomic E-state index is 0.284. The second kappa shape index (κ2) is 7.95. The number of hydrogen-bond donors (Lipinski definition) is 0. The molecule has 1 unspecified atom stereocenters. The van der Waals surface area contributed by atoms with Crippen molar-refractivity contribution in [1.29, 1.82) is 0 Å². The maximum Gasteiger partial charge on any atom is 0.223 e. The zero-order valence-corrected chi connectivity index (χ0v) is 16.7. The van der Waals surface area contributed by atoms with Gasteiger partial charge < -0.3 is 9.64 Å². The smallest absolute Gasteiger partial charge is 0.223 e. The van der Waals surface area contributed by atoms with Gasteiger partial charge in [-0.25, -0.2) is 8.57 Å². The van der Waals surface area contributed by atoms with E-state index < -0.39 is 9.73 Å². The Kier molecular flexibility index (Phi) is 6.09. The van der Waals surface area contributed by atoms with Crippen LogP contribution in [0.25, 0.3) is 0 Å². The maximum absolute atomic E-state index is 12.9. The second-order valence-electron chi connectivity index (χ2n) is 8.29. The van der Waals surface area contributed by atoms with Gasteiger partial charge in [-0.3, -0.25) is 4.79 Å². The first-order valence-electron chi connectivity index (χ1n) is 9.98. The molecule has 6 heteroatoms. The van der Waals surface area contributed by atoms with Crippen LogP contribution in [0.3, 0.4) is 0 Å². The Balaban J connectivity index is 1.56. The Bertz CT molecular complexity index is 577. The van der Waals surface area contributed by atoms with Crippen LogP contribution in [0.1, 0.15) is 58.3 Å². The summed E-state index contributed by atoms with van der Waals surface area (Å²) in [6.07, 6.45) is 8.76. The lowest BCUT2D eigenvalue weighted by atomic mass is 9.79. The van der Waals surface area contributed by atoms with E-state index in [4.69, 9.17) is 4.74 Å². The van der Waals surface area contributed by atoms with Gasteiger partial charge in [0, 0.05) is 47.8 Å². The fourth-order valence-corrected chi connectivity index (χ4v) is 6.69. The number of rotatable bonds is 3. The van der Waals surface area contributed by atoms with E-state index in [0.717, 1.165) is 18.8 Å². The van der Waals surface area contributed by atoms with E-state index in [9.17, 15) is 9.00 Å². The average Bonchev–Trinajstić information content (AvgIpc) is 2.65. The fourth-order valence-electron chi connectivity index (χ4n) is 4.74. The van der Waals surface area contributed by atoms with E-state index in [-0.39, 0.29) is 11.5 Å². The summed E-state index contributed by atoms with van der Waals surface area (Å²) in [6.45, 7) is 4.23. The Labute approximate surface area is 153 Å². The predicted molar refractivity (Wildman–Crippen MR) is 101 cm³/mol. The van der Waals surface area contributed by atoms with Crippen molar-refractivity contribution in [1.82, 2.24) is 4.90 Å². The van der Waals surface area contributed by atoms with E-state index in [1.165, 1.54) is 32.1 Å². The predicted octanol–water partition coefficient (Wildman–Crippen LogP) is 3.08. The molecule has 3 fully saturated rings. The van der Waals surface area contributed by atoms with Gasteiger partial charge in [0.05, 0.1) is 12.2 Å². The number of amides is 1. The van der Waals surface area contributed by atoms with Gasteiger partial charge in [0.15, 0.2) is 0 Å². The van der Waals surface area contributed by atoms with Gasteiger partial charge in [-0.2, -0.15) is 0 Å². The summed E-state index contributed by atoms with van der Waals surface area (Å²) in [7, 11) is -0.376. The zero-order valence-electron chi connectivity index (χ0n) is 15.9. The number of nitrogens with zero attached hydrogens (tertiary/aromatic N) is 2. The van der Waals surface area contributed by atoms with E-state index >= 15 is 0 Å². The first-order chi connectivity index (χ1) is 12.0. The monoisotopic (exact) mass is 370 g/mol. The van der Waals surface area contributed by atoms with Crippen molar-refractivity contribution in [3.63, 3.8) is 0 Å². The molecule has 0 radical (unpaired) electrons. The topological polar surface area (TPSA) is 59.0 Å². The zero-order chi connectivity index (χ0) is 17.9. The quantitative estimate of drug-likeness (QED) is 0.767. The van der Waals surface area contributed by atoms with Crippen molar-refractivity contribution in [3.8, 4) is 0 Å². The van der Waals surface area contributed by atoms with Crippen molar-refractivity contribution in [2.45, 2.75) is 63.9 Å². The van der Waals surface area contributed by atoms with Crippen molar-refractivity contribution in [3.05, 3.63) is 0 Å². The molecule has 1 spiro atoms. The molecule has 2 heterocycles. The van der Waals surface area contributed by atoms with Crippen LogP contribution in [-0.4, -0.2) is 58.9 Å². The van der Waals surface area contributed by atoms with E-state index in [2.05, 4.69) is 11.3 Å². The standard InChI is InChI=1S/C19H34N2O3S/c1-16(17-6-4-3-5-7-17)14-18(22)21-10-11-24-19(15-21)8-12-25(23,20-2)13-9-19/h16-17H,3-15H2,1-2H3. The lowest BCUT2D eigenvalue weighted by Gasteiger charge is -2.45. The van der Waals surface area contributed by atoms with Crippen LogP contribution in [0.2, 0.25) is 0 Å². The molecular weight excluding hydrogens is 336 g/mol. The molecule has 2 saturated heterocycles. The lowest BCUT2D eigenvalue weighted by molar-refractivity contribution is -0.153. The minimum Gasteiger partial charge on any atom is -0.371 e. The summed E-state index contributed by atoms with van der Waals surface area (Å²) in [6, 6.07) is 0. The van der Waals surface area contributed by atoms with Gasteiger partial charge >= 0.3 is 0 Å².